The standard InChI is InChI=1S/C37H37ClN4O8S/c1-19-15-25(43)30(34(45)37(19)35(46)31-26(47-4)17-27(48-5)32(38)33(31)49-37)24(20-9-13-23(51-6)14-10-20)16-28(44)39-18-29-40-36(41-50-29)21-7-11-22(12-8-21)42(2)3/h7-14,17,19,24,45H,15-16,18H2,1-6H3,(H,39,44). The molecule has 1 aliphatic carbocycles. The number of thioether (sulfide) groups is 1. The van der Waals surface area contributed by atoms with Crippen molar-refractivity contribution in [2.24, 2.45) is 5.92 Å². The largest absolute Gasteiger partial charge is 0.507 e. The van der Waals surface area contributed by atoms with E-state index in [0.29, 0.717) is 11.4 Å². The molecule has 3 unspecified atom stereocenters. The minimum Gasteiger partial charge on any atom is -0.507 e. The van der Waals surface area contributed by atoms with Crippen molar-refractivity contribution in [1.82, 2.24) is 15.5 Å². The summed E-state index contributed by atoms with van der Waals surface area (Å²) in [5.41, 5.74) is 0.297. The quantitative estimate of drug-likeness (QED) is 0.164. The topological polar surface area (TPSA) is 153 Å². The number of fused-ring (bicyclic) bond motifs is 1. The Kier molecular flexibility index (Phi) is 10.0. The number of methoxy groups -OCH3 is 2. The summed E-state index contributed by atoms with van der Waals surface area (Å²) in [5.74, 6) is -2.91. The molecule has 1 aromatic heterocycles. The van der Waals surface area contributed by atoms with Crippen LogP contribution in [0.15, 0.2) is 75.3 Å². The summed E-state index contributed by atoms with van der Waals surface area (Å²) in [5, 5.41) is 19.0. The van der Waals surface area contributed by atoms with Gasteiger partial charge in [-0.2, -0.15) is 4.98 Å². The second kappa shape index (κ2) is 14.3. The number of ketones is 2. The van der Waals surface area contributed by atoms with E-state index in [4.69, 9.17) is 30.3 Å². The highest BCUT2D eigenvalue weighted by Gasteiger charge is 2.61. The SMILES string of the molecule is COc1cc(OC)c2c(c1Cl)OC1(C2=O)C(O)=C(C(CC(=O)NCc2nc(-c3ccc(N(C)C)cc3)no2)c2ccc(SC)cc2)C(=O)CC1C. The van der Waals surface area contributed by atoms with E-state index < -0.39 is 40.7 Å². The number of nitrogens with one attached hydrogen (secondary N) is 1. The first-order valence-electron chi connectivity index (χ1n) is 16.1. The van der Waals surface area contributed by atoms with Crippen LogP contribution in [-0.4, -0.2) is 72.9 Å². The molecule has 3 aromatic carbocycles. The Balaban J connectivity index is 1.32. The Hall–Kier alpha value is -5.01. The van der Waals surface area contributed by atoms with Gasteiger partial charge in [-0.05, 0) is 48.2 Å². The van der Waals surface area contributed by atoms with Gasteiger partial charge in [0.25, 0.3) is 0 Å². The van der Waals surface area contributed by atoms with Crippen LogP contribution in [-0.2, 0) is 16.1 Å². The molecule has 14 heteroatoms. The van der Waals surface area contributed by atoms with Crippen LogP contribution in [0, 0.1) is 5.92 Å². The predicted octanol–water partition coefficient (Wildman–Crippen LogP) is 6.42. The molecule has 0 radical (unpaired) electrons. The average molecular weight is 733 g/mol. The lowest BCUT2D eigenvalue weighted by Crippen LogP contribution is -2.53. The third kappa shape index (κ3) is 6.40. The molecular weight excluding hydrogens is 696 g/mol. The zero-order valence-electron chi connectivity index (χ0n) is 28.9. The van der Waals surface area contributed by atoms with Crippen LogP contribution in [0.25, 0.3) is 11.4 Å². The van der Waals surface area contributed by atoms with Crippen molar-refractivity contribution in [2.75, 3.05) is 39.5 Å². The first kappa shape index (κ1) is 35.8. The van der Waals surface area contributed by atoms with Crippen LogP contribution in [0.3, 0.4) is 0 Å². The van der Waals surface area contributed by atoms with Gasteiger partial charge in [-0.1, -0.05) is 35.8 Å². The Morgan fingerprint density at radius 1 is 1.12 bits per heavy atom. The van der Waals surface area contributed by atoms with Crippen molar-refractivity contribution in [3.63, 3.8) is 0 Å². The number of aromatic nitrogens is 2. The zero-order valence-corrected chi connectivity index (χ0v) is 30.5. The smallest absolute Gasteiger partial charge is 0.246 e. The molecule has 2 N–H and O–H groups in total. The van der Waals surface area contributed by atoms with E-state index in [1.807, 2.05) is 61.6 Å². The molecule has 1 spiro atoms. The molecule has 0 saturated heterocycles. The molecule has 6 rings (SSSR count). The van der Waals surface area contributed by atoms with Gasteiger partial charge >= 0.3 is 0 Å². The first-order valence-corrected chi connectivity index (χ1v) is 17.7. The highest BCUT2D eigenvalue weighted by atomic mass is 35.5. The van der Waals surface area contributed by atoms with Gasteiger partial charge in [0.15, 0.2) is 17.3 Å². The maximum absolute atomic E-state index is 14.3. The van der Waals surface area contributed by atoms with Gasteiger partial charge in [-0.15, -0.1) is 11.8 Å². The monoisotopic (exact) mass is 732 g/mol. The number of hydrogen-bond donors (Lipinski definition) is 2. The number of allylic oxidation sites excluding steroid dienone is 1. The minimum atomic E-state index is -1.99. The summed E-state index contributed by atoms with van der Waals surface area (Å²) >= 11 is 8.14. The average Bonchev–Trinajstić information content (AvgIpc) is 3.73. The van der Waals surface area contributed by atoms with Gasteiger partial charge in [-0.3, -0.25) is 14.4 Å². The Bertz CT molecular complexity index is 2030. The number of anilines is 1. The second-order valence-corrected chi connectivity index (χ2v) is 13.8. The summed E-state index contributed by atoms with van der Waals surface area (Å²) in [7, 11) is 6.69. The molecule has 0 saturated carbocycles. The van der Waals surface area contributed by atoms with Crippen LogP contribution < -0.4 is 24.4 Å². The number of ether oxygens (including phenoxy) is 3. The highest BCUT2D eigenvalue weighted by Crippen LogP contribution is 2.55. The predicted molar refractivity (Wildman–Crippen MR) is 192 cm³/mol. The minimum absolute atomic E-state index is 0.0175. The molecule has 3 atom stereocenters. The lowest BCUT2D eigenvalue weighted by Gasteiger charge is -2.38. The van der Waals surface area contributed by atoms with Crippen LogP contribution >= 0.6 is 23.4 Å². The fraction of sp³-hybridized carbons (Fsp3) is 0.324. The maximum atomic E-state index is 14.3. The Morgan fingerprint density at radius 2 is 1.80 bits per heavy atom. The molecule has 2 heterocycles. The van der Waals surface area contributed by atoms with Crippen molar-refractivity contribution in [3.8, 4) is 28.6 Å². The number of rotatable bonds is 11. The van der Waals surface area contributed by atoms with Gasteiger partial charge in [0.1, 0.15) is 22.1 Å². The number of halogens is 1. The van der Waals surface area contributed by atoms with E-state index in [-0.39, 0.29) is 58.7 Å². The van der Waals surface area contributed by atoms with Gasteiger partial charge in [-0.25, -0.2) is 0 Å². The molecule has 1 aliphatic heterocycles. The van der Waals surface area contributed by atoms with E-state index in [1.165, 1.54) is 32.0 Å². The maximum Gasteiger partial charge on any atom is 0.246 e. The zero-order chi connectivity index (χ0) is 36.6. The number of hydrogen-bond acceptors (Lipinski definition) is 12. The summed E-state index contributed by atoms with van der Waals surface area (Å²) < 4.78 is 22.6. The Labute approximate surface area is 304 Å². The molecule has 4 aromatic rings. The van der Waals surface area contributed by atoms with Crippen LogP contribution in [0.5, 0.6) is 17.2 Å². The van der Waals surface area contributed by atoms with E-state index in [1.54, 1.807) is 19.1 Å². The molecule has 51 heavy (non-hydrogen) atoms. The van der Waals surface area contributed by atoms with Crippen molar-refractivity contribution in [2.45, 2.75) is 42.7 Å². The van der Waals surface area contributed by atoms with Crippen LogP contribution in [0.4, 0.5) is 5.69 Å². The van der Waals surface area contributed by atoms with Gasteiger partial charge in [0, 0.05) is 66.6 Å². The molecule has 0 bridgehead atoms. The third-order valence-corrected chi connectivity index (χ3v) is 10.4. The number of amides is 1. The van der Waals surface area contributed by atoms with Crippen molar-refractivity contribution >= 4 is 46.5 Å². The number of carbonyl (C=O) groups is 3. The van der Waals surface area contributed by atoms with E-state index in [0.717, 1.165) is 16.1 Å². The van der Waals surface area contributed by atoms with Crippen LogP contribution in [0.2, 0.25) is 5.02 Å². The summed E-state index contributed by atoms with van der Waals surface area (Å²) in [6, 6.07) is 16.4. The molecule has 266 valence electrons. The lowest BCUT2D eigenvalue weighted by molar-refractivity contribution is -0.122. The first-order chi connectivity index (χ1) is 24.4. The van der Waals surface area contributed by atoms with E-state index >= 15 is 0 Å². The van der Waals surface area contributed by atoms with E-state index in [9.17, 15) is 19.5 Å². The van der Waals surface area contributed by atoms with Gasteiger partial charge in [0.05, 0.1) is 20.8 Å². The Morgan fingerprint density at radius 3 is 2.43 bits per heavy atom. The number of carbonyl (C=O) groups excluding carboxylic acids is 3. The lowest BCUT2D eigenvalue weighted by atomic mass is 9.69. The molecule has 0 fully saturated rings. The summed E-state index contributed by atoms with van der Waals surface area (Å²) in [4.78, 5) is 49.2. The molecular formula is C37H37ClN4O8S. The highest BCUT2D eigenvalue weighted by molar-refractivity contribution is 7.98. The van der Waals surface area contributed by atoms with Gasteiger partial charge < -0.3 is 34.1 Å². The van der Waals surface area contributed by atoms with Gasteiger partial charge in [0.2, 0.25) is 29.0 Å². The number of aliphatic hydroxyl groups excluding tert-OH is 1. The van der Waals surface area contributed by atoms with E-state index in [2.05, 4.69) is 15.5 Å². The number of aliphatic hydroxyl groups is 1. The molecule has 1 amide bonds. The second-order valence-electron chi connectivity index (χ2n) is 12.5. The van der Waals surface area contributed by atoms with Crippen molar-refractivity contribution in [3.05, 3.63) is 88.0 Å². The third-order valence-electron chi connectivity index (χ3n) is 9.31. The normalized spacial score (nSPS) is 18.8. The fourth-order valence-electron chi connectivity index (χ4n) is 6.55. The molecule has 2 aliphatic rings. The fourth-order valence-corrected chi connectivity index (χ4v) is 7.22. The number of Topliss-reactive ketones (excluding diaryl/α,β-unsaturated/α-hetero) is 2. The van der Waals surface area contributed by atoms with Crippen molar-refractivity contribution < 1.29 is 38.2 Å². The summed E-state index contributed by atoms with van der Waals surface area (Å²) in [6.07, 6.45) is 1.54. The van der Waals surface area contributed by atoms with Crippen molar-refractivity contribution in [1.29, 1.82) is 0 Å². The van der Waals surface area contributed by atoms with Crippen LogP contribution in [0.1, 0.15) is 47.5 Å². The molecule has 12 nitrogen and oxygen atoms in total. The number of nitrogens with zero attached hydrogens (tertiary/aromatic N) is 3. The number of benzene rings is 3. The summed E-state index contributed by atoms with van der Waals surface area (Å²) in [6.45, 7) is 1.58.